The third-order valence-corrected chi connectivity index (χ3v) is 2.40. The molecule has 0 saturated carbocycles. The maximum absolute atomic E-state index is 11.6. The van der Waals surface area contributed by atoms with E-state index in [1.54, 1.807) is 0 Å². The Bertz CT molecular complexity index is 277. The highest BCUT2D eigenvalue weighted by molar-refractivity contribution is 5.92. The molecule has 1 aliphatic heterocycles. The molecule has 88 valence electrons. The molecule has 1 saturated heterocycles. The molecule has 0 aromatic carbocycles. The summed E-state index contributed by atoms with van der Waals surface area (Å²) in [5.74, 6) is -0.888. The van der Waals surface area contributed by atoms with Crippen LogP contribution < -0.4 is 5.73 Å². The molecule has 0 amide bonds. The van der Waals surface area contributed by atoms with Crippen LogP contribution in [0.3, 0.4) is 0 Å². The number of ketones is 1. The highest BCUT2D eigenvalue weighted by atomic mass is 16.6. The maximum atomic E-state index is 11.6. The van der Waals surface area contributed by atoms with Crippen LogP contribution in [0.15, 0.2) is 0 Å². The lowest BCUT2D eigenvalue weighted by molar-refractivity contribution is -0.277. The minimum Gasteiger partial charge on any atom is -0.387 e. The predicted octanol–water partition coefficient (Wildman–Crippen LogP) is -3.30. The predicted molar refractivity (Wildman–Crippen MR) is 47.6 cm³/mol. The Hall–Kier alpha value is -0.570. The van der Waals surface area contributed by atoms with Crippen molar-refractivity contribution < 1.29 is 31.4 Å². The minimum absolute atomic E-state index is 0.642. The summed E-state index contributed by atoms with van der Waals surface area (Å²) < 4.78 is 11.4. The molecule has 0 aromatic rings. The molecular formula is C8H15NO6. The van der Waals surface area contributed by atoms with E-state index in [-0.39, 0.29) is 0 Å². The van der Waals surface area contributed by atoms with Gasteiger partial charge in [-0.2, -0.15) is 0 Å². The summed E-state index contributed by atoms with van der Waals surface area (Å²) in [7, 11) is 0. The topological polar surface area (TPSA) is 133 Å². The Morgan fingerprint density at radius 2 is 2.27 bits per heavy atom. The minimum atomic E-state index is -2.33. The van der Waals surface area contributed by atoms with Crippen molar-refractivity contribution in [3.05, 3.63) is 0 Å². The van der Waals surface area contributed by atoms with Gasteiger partial charge in [0.05, 0.1) is 12.6 Å². The zero-order chi connectivity index (χ0) is 12.5. The van der Waals surface area contributed by atoms with E-state index in [9.17, 15) is 20.1 Å². The summed E-state index contributed by atoms with van der Waals surface area (Å²) in [6.45, 7) is 0.675. The number of hydrogen-bond donors (Lipinski definition) is 5. The second-order valence-electron chi connectivity index (χ2n) is 3.65. The van der Waals surface area contributed by atoms with Gasteiger partial charge in [0.2, 0.25) is 0 Å². The van der Waals surface area contributed by atoms with Gasteiger partial charge in [-0.05, 0) is 6.92 Å². The van der Waals surface area contributed by atoms with Crippen molar-refractivity contribution in [3.8, 4) is 0 Å². The van der Waals surface area contributed by atoms with Gasteiger partial charge in [-0.25, -0.2) is 0 Å². The molecule has 0 radical (unpaired) electrons. The summed E-state index contributed by atoms with van der Waals surface area (Å²) in [5, 5.41) is 37.7. The third-order valence-electron chi connectivity index (χ3n) is 2.40. The number of ether oxygens (including phenoxy) is 1. The number of nitrogens with two attached hydrogens (primary N) is 1. The standard InChI is InChI=1S/C8H15NO6/c1-3(9)5(11)8(14)2-15-7(13)4(10)6(8)12/h3-4,6-7,10,12-14H,2,9H2,1H3/t3-,4+,6+,7?,8-/m0/s1/i/hD. The smallest absolute Gasteiger partial charge is 0.185 e. The van der Waals surface area contributed by atoms with E-state index in [1.807, 2.05) is 5.73 Å². The van der Waals surface area contributed by atoms with Crippen LogP contribution >= 0.6 is 0 Å². The number of Topliss-reactive ketones (excluding diaryl/α,β-unsaturated/α-hetero) is 1. The van der Waals surface area contributed by atoms with Gasteiger partial charge in [-0.1, -0.05) is 0 Å². The summed E-state index contributed by atoms with van der Waals surface area (Å²) in [6.07, 6.45) is -5.29. The van der Waals surface area contributed by atoms with E-state index in [0.29, 0.717) is 0 Å². The molecule has 1 unspecified atom stereocenters. The monoisotopic (exact) mass is 222 g/mol. The Labute approximate surface area is 87.5 Å². The van der Waals surface area contributed by atoms with Crippen LogP contribution in [-0.4, -0.2) is 63.0 Å². The van der Waals surface area contributed by atoms with Gasteiger partial charge in [-0.15, -0.1) is 0 Å². The van der Waals surface area contributed by atoms with Crippen molar-refractivity contribution in [1.82, 2.24) is 0 Å². The Morgan fingerprint density at radius 1 is 1.67 bits per heavy atom. The van der Waals surface area contributed by atoms with Crippen LogP contribution in [0, 0.1) is 0 Å². The fourth-order valence-electron chi connectivity index (χ4n) is 1.43. The van der Waals surface area contributed by atoms with Crippen LogP contribution in [0.4, 0.5) is 0 Å². The quantitative estimate of drug-likeness (QED) is 0.338. The first kappa shape index (κ1) is 10.9. The molecule has 0 aliphatic carbocycles. The first-order valence-corrected chi connectivity index (χ1v) is 4.44. The Kier molecular flexibility index (Phi) is 3.01. The maximum Gasteiger partial charge on any atom is 0.185 e. The number of rotatable bonds is 3. The van der Waals surface area contributed by atoms with E-state index in [0.717, 1.165) is 0 Å². The molecule has 1 heterocycles. The van der Waals surface area contributed by atoms with E-state index in [1.165, 1.54) is 6.92 Å². The lowest BCUT2D eigenvalue weighted by Crippen LogP contribution is -2.67. The van der Waals surface area contributed by atoms with Gasteiger partial charge in [0.25, 0.3) is 0 Å². The normalized spacial score (nSPS) is 44.6. The van der Waals surface area contributed by atoms with Gasteiger partial charge in [0, 0.05) is 0 Å². The van der Waals surface area contributed by atoms with Crippen molar-refractivity contribution in [2.75, 3.05) is 6.61 Å². The van der Waals surface area contributed by atoms with Crippen molar-refractivity contribution >= 4 is 5.78 Å². The average Bonchev–Trinajstić information content (AvgIpc) is 2.29. The Morgan fingerprint density at radius 3 is 2.80 bits per heavy atom. The van der Waals surface area contributed by atoms with Crippen molar-refractivity contribution in [3.63, 3.8) is 0 Å². The number of carbonyl (C=O) groups excluding carboxylic acids is 1. The number of hydrogen-bond acceptors (Lipinski definition) is 7. The highest BCUT2D eigenvalue weighted by Gasteiger charge is 2.53. The van der Waals surface area contributed by atoms with E-state index >= 15 is 0 Å². The number of aliphatic hydroxyl groups excluding tert-OH is 3. The first-order valence-electron chi connectivity index (χ1n) is 4.94. The van der Waals surface area contributed by atoms with E-state index in [2.05, 4.69) is 4.74 Å². The van der Waals surface area contributed by atoms with Gasteiger partial charge in [0.15, 0.2) is 17.7 Å². The van der Waals surface area contributed by atoms with Crippen LogP contribution in [0.25, 0.3) is 0 Å². The highest BCUT2D eigenvalue weighted by Crippen LogP contribution is 2.25. The van der Waals surface area contributed by atoms with Crippen LogP contribution in [0.2, 0.25) is 1.41 Å². The molecule has 7 nitrogen and oxygen atoms in total. The molecule has 1 aliphatic rings. The van der Waals surface area contributed by atoms with Crippen LogP contribution in [-0.2, 0) is 9.53 Å². The number of aliphatic hydroxyl groups is 4. The summed E-state index contributed by atoms with van der Waals surface area (Å²) in [6, 6.07) is -1.04. The van der Waals surface area contributed by atoms with Crippen molar-refractivity contribution in [1.29, 1.82) is 0 Å². The van der Waals surface area contributed by atoms with E-state index < -0.39 is 42.5 Å². The second kappa shape index (κ2) is 4.12. The van der Waals surface area contributed by atoms with Gasteiger partial charge in [0.1, 0.15) is 13.6 Å². The molecule has 15 heavy (non-hydrogen) atoms. The van der Waals surface area contributed by atoms with Crippen LogP contribution in [0.1, 0.15) is 6.92 Å². The molecular weight excluding hydrogens is 206 g/mol. The second-order valence-corrected chi connectivity index (χ2v) is 3.65. The van der Waals surface area contributed by atoms with Crippen molar-refractivity contribution in [2.45, 2.75) is 37.1 Å². The molecule has 1 fully saturated rings. The lowest BCUT2D eigenvalue weighted by atomic mass is 9.84. The lowest BCUT2D eigenvalue weighted by Gasteiger charge is -2.41. The molecule has 0 bridgehead atoms. The van der Waals surface area contributed by atoms with Crippen molar-refractivity contribution in [2.24, 2.45) is 5.73 Å². The summed E-state index contributed by atoms with van der Waals surface area (Å²) in [4.78, 5) is 11.6. The fraction of sp³-hybridized carbons (Fsp3) is 0.875. The van der Waals surface area contributed by atoms with Crippen LogP contribution in [0.5, 0.6) is 0 Å². The van der Waals surface area contributed by atoms with Gasteiger partial charge in [-0.3, -0.25) is 4.79 Å². The number of carbonyl (C=O) groups is 1. The average molecular weight is 222 g/mol. The molecule has 6 N–H and O–H groups in total. The zero-order valence-corrected chi connectivity index (χ0v) is 8.12. The molecule has 0 aromatic heterocycles. The molecule has 5 atom stereocenters. The molecule has 1 rings (SSSR count). The third kappa shape index (κ3) is 2.03. The van der Waals surface area contributed by atoms with Gasteiger partial charge >= 0.3 is 0 Å². The first-order chi connectivity index (χ1) is 7.34. The summed E-state index contributed by atoms with van der Waals surface area (Å²) >= 11 is 0. The molecule has 7 heteroatoms. The fourth-order valence-corrected chi connectivity index (χ4v) is 1.43. The largest absolute Gasteiger partial charge is 0.387 e. The zero-order valence-electron chi connectivity index (χ0n) is 9.12. The SMILES string of the molecule is [2H]N[C@@H](C)C(=O)[C@@]1(O)COC(O)[C@H](O)[C@H]1O. The summed E-state index contributed by atoms with van der Waals surface area (Å²) in [5.41, 5.74) is -0.464. The molecule has 0 spiro atoms. The Balaban J connectivity index is 2.88. The van der Waals surface area contributed by atoms with Gasteiger partial charge < -0.3 is 30.9 Å². The van der Waals surface area contributed by atoms with E-state index in [4.69, 9.17) is 6.52 Å².